The largest absolute Gasteiger partial charge is 0.491 e. The number of aliphatic hydroxyl groups is 3. The van der Waals surface area contributed by atoms with Crippen LogP contribution in [0, 0.1) is 11.8 Å². The highest BCUT2D eigenvalue weighted by Crippen LogP contribution is 2.36. The van der Waals surface area contributed by atoms with Crippen molar-refractivity contribution in [2.45, 2.75) is 56.8 Å². The topological polar surface area (TPSA) is 156 Å². The summed E-state index contributed by atoms with van der Waals surface area (Å²) in [7, 11) is 0. The number of ether oxygens (including phenoxy) is 2. The molecule has 0 radical (unpaired) electrons. The zero-order chi connectivity index (χ0) is 31.7. The van der Waals surface area contributed by atoms with Crippen LogP contribution in [0.1, 0.15) is 38.5 Å². The first-order valence-electron chi connectivity index (χ1n) is 15.4. The molecular formula is C31H48ClN3O9. The van der Waals surface area contributed by atoms with Crippen molar-refractivity contribution in [1.29, 1.82) is 0 Å². The molecule has 0 aromatic heterocycles. The third-order valence-electron chi connectivity index (χ3n) is 7.98. The fraction of sp³-hybridized carbons (Fsp3) is 0.645. The molecule has 44 heavy (non-hydrogen) atoms. The van der Waals surface area contributed by atoms with Crippen LogP contribution in [0.2, 0.25) is 5.02 Å². The average Bonchev–Trinajstić information content (AvgIpc) is 3.26. The van der Waals surface area contributed by atoms with Crippen LogP contribution in [0.3, 0.4) is 0 Å². The molecule has 3 rings (SSSR count). The second-order valence-electron chi connectivity index (χ2n) is 11.3. The second kappa shape index (κ2) is 20.1. The van der Waals surface area contributed by atoms with Gasteiger partial charge in [-0.1, -0.05) is 42.0 Å². The molecule has 2 aliphatic rings. The molecule has 12 nitrogen and oxygen atoms in total. The van der Waals surface area contributed by atoms with E-state index >= 15 is 0 Å². The number of hydrogen-bond acceptors (Lipinski definition) is 12. The smallest absolute Gasteiger partial charge is 0.305 e. The van der Waals surface area contributed by atoms with Crippen LogP contribution in [0.25, 0.3) is 0 Å². The lowest BCUT2D eigenvalue weighted by Crippen LogP contribution is -2.47. The van der Waals surface area contributed by atoms with Crippen molar-refractivity contribution in [3.63, 3.8) is 0 Å². The maximum absolute atomic E-state index is 12.1. The van der Waals surface area contributed by atoms with Crippen LogP contribution in [-0.4, -0.2) is 124 Å². The molecule has 0 spiro atoms. The zero-order valence-electron chi connectivity index (χ0n) is 25.2. The van der Waals surface area contributed by atoms with Gasteiger partial charge < -0.3 is 29.7 Å². The van der Waals surface area contributed by atoms with Gasteiger partial charge in [-0.3, -0.25) is 24.9 Å². The number of aliphatic hydroxyl groups excluding tert-OH is 3. The van der Waals surface area contributed by atoms with Crippen molar-refractivity contribution in [3.05, 3.63) is 53.6 Å². The van der Waals surface area contributed by atoms with Crippen molar-refractivity contribution in [2.24, 2.45) is 11.8 Å². The van der Waals surface area contributed by atoms with Crippen LogP contribution in [-0.2, 0) is 14.4 Å². The number of benzene rings is 1. The van der Waals surface area contributed by atoms with E-state index in [1.165, 1.54) is 0 Å². The molecule has 1 saturated heterocycles. The highest BCUT2D eigenvalue weighted by Gasteiger charge is 2.39. The summed E-state index contributed by atoms with van der Waals surface area (Å²) in [5.74, 6) is -0.105. The summed E-state index contributed by atoms with van der Waals surface area (Å²) in [6.45, 7) is 5.74. The van der Waals surface area contributed by atoms with Crippen molar-refractivity contribution >= 4 is 17.6 Å². The third kappa shape index (κ3) is 13.9. The standard InChI is InChI=1S/C31H48ClN3O9/c32-24-7-5-8-26(21-24)43-23-25(36)11-12-28-27(29(37)22-30(28)38)9-3-1-2-4-10-31(39)42-20-18-34-16-14-33(15-17-34)13-6-19-44-35(40)41/h1,3,5,7-8,11-12,21,25,27-30,36-38,40-41H,2,4,6,9-10,13-20,22-23H2/b3-1-,12-11+/t25-,27-,28-,29+,30-/m1/s1. The Hall–Kier alpha value is -2.10. The summed E-state index contributed by atoms with van der Waals surface area (Å²) in [6.07, 6.45) is 8.43. The van der Waals surface area contributed by atoms with Crippen LogP contribution in [0.15, 0.2) is 48.6 Å². The number of allylic oxidation sites excluding steroid dienone is 2. The van der Waals surface area contributed by atoms with E-state index in [9.17, 15) is 20.1 Å². The molecule has 248 valence electrons. The Morgan fingerprint density at radius 1 is 1.05 bits per heavy atom. The summed E-state index contributed by atoms with van der Waals surface area (Å²) in [5, 5.41) is 48.6. The molecule has 1 saturated carbocycles. The first-order chi connectivity index (χ1) is 21.2. The predicted octanol–water partition coefficient (Wildman–Crippen LogP) is 2.67. The van der Waals surface area contributed by atoms with Gasteiger partial charge in [0, 0.05) is 63.1 Å². The van der Waals surface area contributed by atoms with Gasteiger partial charge in [-0.25, -0.2) is 0 Å². The highest BCUT2D eigenvalue weighted by molar-refractivity contribution is 6.30. The molecular weight excluding hydrogens is 594 g/mol. The molecule has 0 bridgehead atoms. The predicted molar refractivity (Wildman–Crippen MR) is 163 cm³/mol. The minimum Gasteiger partial charge on any atom is -0.491 e. The van der Waals surface area contributed by atoms with Crippen LogP contribution >= 0.6 is 11.6 Å². The van der Waals surface area contributed by atoms with Gasteiger partial charge in [0.2, 0.25) is 0 Å². The first-order valence-corrected chi connectivity index (χ1v) is 15.8. The quantitative estimate of drug-likeness (QED) is 0.0653. The first kappa shape index (κ1) is 36.4. The summed E-state index contributed by atoms with van der Waals surface area (Å²) in [6, 6.07) is 6.93. The molecule has 1 aromatic carbocycles. The third-order valence-corrected chi connectivity index (χ3v) is 8.21. The maximum atomic E-state index is 12.1. The van der Waals surface area contributed by atoms with E-state index in [0.717, 1.165) is 32.7 Å². The lowest BCUT2D eigenvalue weighted by Gasteiger charge is -2.34. The van der Waals surface area contributed by atoms with Gasteiger partial charge in [-0.15, -0.1) is 0 Å². The molecule has 13 heteroatoms. The molecule has 5 N–H and O–H groups in total. The number of piperazine rings is 1. The molecule has 0 amide bonds. The summed E-state index contributed by atoms with van der Waals surface area (Å²) >= 11 is 5.95. The molecule has 1 heterocycles. The minimum absolute atomic E-state index is 0.0441. The summed E-state index contributed by atoms with van der Waals surface area (Å²) < 4.78 is 11.0. The minimum atomic E-state index is -0.870. The van der Waals surface area contributed by atoms with Crippen LogP contribution < -0.4 is 4.74 Å². The number of halogens is 1. The SMILES string of the molecule is O=C(CCC/C=C\C[C@@H]1[C@@H](/C=C/[C@@H](O)COc2cccc(Cl)c2)[C@H](O)C[C@@H]1O)OCCN1CCN(CCCON(O)O)CC1. The summed E-state index contributed by atoms with van der Waals surface area (Å²) in [5.41, 5.74) is 0. The number of carbonyl (C=O) groups excluding carboxylic acids is 1. The number of esters is 1. The van der Waals surface area contributed by atoms with Gasteiger partial charge in [0.05, 0.1) is 24.2 Å². The highest BCUT2D eigenvalue weighted by atomic mass is 35.5. The zero-order valence-corrected chi connectivity index (χ0v) is 26.0. The van der Waals surface area contributed by atoms with Gasteiger partial charge in [-0.05, 0) is 49.8 Å². The van der Waals surface area contributed by atoms with E-state index < -0.39 is 18.3 Å². The lowest BCUT2D eigenvalue weighted by atomic mass is 9.89. The number of hydrogen-bond donors (Lipinski definition) is 5. The molecule has 1 aromatic rings. The Kier molecular flexibility index (Phi) is 16.6. The Balaban J connectivity index is 1.25. The van der Waals surface area contributed by atoms with E-state index in [0.29, 0.717) is 56.0 Å². The normalized spacial score (nSPS) is 24.1. The van der Waals surface area contributed by atoms with Crippen molar-refractivity contribution < 1.29 is 44.8 Å². The van der Waals surface area contributed by atoms with Crippen LogP contribution in [0.4, 0.5) is 0 Å². The van der Waals surface area contributed by atoms with E-state index in [-0.39, 0.29) is 42.8 Å². The Morgan fingerprint density at radius 3 is 2.52 bits per heavy atom. The Bertz CT molecular complexity index is 1020. The fourth-order valence-corrected chi connectivity index (χ4v) is 5.70. The molecule has 1 aliphatic heterocycles. The van der Waals surface area contributed by atoms with Gasteiger partial charge in [0.15, 0.2) is 0 Å². The fourth-order valence-electron chi connectivity index (χ4n) is 5.52. The van der Waals surface area contributed by atoms with Gasteiger partial charge in [0.1, 0.15) is 25.1 Å². The maximum Gasteiger partial charge on any atom is 0.305 e. The van der Waals surface area contributed by atoms with Crippen molar-refractivity contribution in [2.75, 3.05) is 59.1 Å². The van der Waals surface area contributed by atoms with E-state index in [1.807, 2.05) is 12.2 Å². The Labute approximate surface area is 264 Å². The molecule has 5 atom stereocenters. The second-order valence-corrected chi connectivity index (χ2v) is 11.7. The van der Waals surface area contributed by atoms with Crippen molar-refractivity contribution in [3.8, 4) is 5.75 Å². The van der Waals surface area contributed by atoms with Gasteiger partial charge in [-0.2, -0.15) is 0 Å². The number of rotatable bonds is 19. The monoisotopic (exact) mass is 641 g/mol. The lowest BCUT2D eigenvalue weighted by molar-refractivity contribution is -0.492. The molecule has 2 fully saturated rings. The average molecular weight is 642 g/mol. The van der Waals surface area contributed by atoms with Crippen LogP contribution in [0.5, 0.6) is 5.75 Å². The number of unbranched alkanes of at least 4 members (excludes halogenated alkanes) is 1. The Morgan fingerprint density at radius 2 is 1.80 bits per heavy atom. The number of nitrogens with zero attached hydrogens (tertiary/aromatic N) is 3. The van der Waals surface area contributed by atoms with E-state index in [1.54, 1.807) is 36.4 Å². The van der Waals surface area contributed by atoms with Gasteiger partial charge in [0.25, 0.3) is 0 Å². The van der Waals surface area contributed by atoms with Crippen molar-refractivity contribution in [1.82, 2.24) is 15.2 Å². The molecule has 1 aliphatic carbocycles. The number of carbonyl (C=O) groups is 1. The van der Waals surface area contributed by atoms with E-state index in [2.05, 4.69) is 14.6 Å². The van der Waals surface area contributed by atoms with E-state index in [4.69, 9.17) is 31.5 Å². The molecule has 0 unspecified atom stereocenters. The van der Waals surface area contributed by atoms with Gasteiger partial charge >= 0.3 is 5.97 Å². The summed E-state index contributed by atoms with van der Waals surface area (Å²) in [4.78, 5) is 21.3.